The average Bonchev–Trinajstić information content (AvgIpc) is 2.77. The molecule has 2 N–H and O–H groups in total. The Kier molecular flexibility index (Phi) is 6.63. The molecule has 0 aliphatic heterocycles. The summed E-state index contributed by atoms with van der Waals surface area (Å²) in [6.45, 7) is 3.69. The molecule has 3 aromatic carbocycles. The van der Waals surface area contributed by atoms with Gasteiger partial charge < -0.3 is 4.74 Å². The Labute approximate surface area is 170 Å². The van der Waals surface area contributed by atoms with Crippen LogP contribution in [0.15, 0.2) is 78.9 Å². The minimum atomic E-state index is -0.713. The number of benzene rings is 3. The van der Waals surface area contributed by atoms with E-state index in [0.29, 0.717) is 17.7 Å². The molecule has 29 heavy (non-hydrogen) atoms. The number of rotatable bonds is 6. The Morgan fingerprint density at radius 2 is 1.45 bits per heavy atom. The number of amides is 2. The second-order valence-electron chi connectivity index (χ2n) is 6.66. The zero-order chi connectivity index (χ0) is 20.6. The summed E-state index contributed by atoms with van der Waals surface area (Å²) in [4.78, 5) is 24.7. The molecule has 0 aliphatic carbocycles. The van der Waals surface area contributed by atoms with Crippen LogP contribution in [0.5, 0.6) is 5.75 Å². The van der Waals surface area contributed by atoms with Crippen molar-refractivity contribution < 1.29 is 14.3 Å². The molecule has 0 spiro atoms. The third kappa shape index (κ3) is 5.23. The zero-order valence-corrected chi connectivity index (χ0v) is 16.5. The van der Waals surface area contributed by atoms with Crippen LogP contribution in [0.3, 0.4) is 0 Å². The van der Waals surface area contributed by atoms with Crippen molar-refractivity contribution in [3.63, 3.8) is 0 Å². The van der Waals surface area contributed by atoms with Crippen LogP contribution in [0.1, 0.15) is 29.3 Å². The quantitative estimate of drug-likeness (QED) is 0.620. The summed E-state index contributed by atoms with van der Waals surface area (Å²) < 4.78 is 5.81. The molecule has 148 valence electrons. The van der Waals surface area contributed by atoms with Crippen molar-refractivity contribution in [2.45, 2.75) is 26.4 Å². The monoisotopic (exact) mass is 388 g/mol. The molecule has 5 heteroatoms. The summed E-state index contributed by atoms with van der Waals surface area (Å²) in [5.74, 6) is -0.169. The molecule has 1 unspecified atom stereocenters. The highest BCUT2D eigenvalue weighted by Gasteiger charge is 2.19. The predicted octanol–water partition coefficient (Wildman–Crippen LogP) is 4.28. The van der Waals surface area contributed by atoms with Crippen molar-refractivity contribution in [2.75, 3.05) is 0 Å². The van der Waals surface area contributed by atoms with E-state index in [1.807, 2.05) is 80.6 Å². The SMILES string of the molecule is CCC(Oc1ccc(-c2ccccc2)cc1)C(=O)NNC(=O)c1ccccc1C. The average molecular weight is 388 g/mol. The molecule has 5 nitrogen and oxygen atoms in total. The Morgan fingerprint density at radius 1 is 0.828 bits per heavy atom. The molecule has 0 radical (unpaired) electrons. The predicted molar refractivity (Wildman–Crippen MR) is 113 cm³/mol. The van der Waals surface area contributed by atoms with Gasteiger partial charge in [0, 0.05) is 5.56 Å². The summed E-state index contributed by atoms with van der Waals surface area (Å²) in [5, 5.41) is 0. The van der Waals surface area contributed by atoms with Gasteiger partial charge in [-0.05, 0) is 48.2 Å². The van der Waals surface area contributed by atoms with Crippen LogP contribution in [-0.2, 0) is 4.79 Å². The van der Waals surface area contributed by atoms with Gasteiger partial charge in [-0.3, -0.25) is 20.4 Å². The molecule has 0 heterocycles. The molecule has 0 aliphatic rings. The molecule has 0 saturated heterocycles. The van der Waals surface area contributed by atoms with Crippen LogP contribution >= 0.6 is 0 Å². The lowest BCUT2D eigenvalue weighted by Gasteiger charge is -2.18. The molecular weight excluding hydrogens is 364 g/mol. The molecule has 3 aromatic rings. The van der Waals surface area contributed by atoms with Gasteiger partial charge >= 0.3 is 0 Å². The number of hydrogen-bond donors (Lipinski definition) is 2. The maximum atomic E-state index is 12.4. The largest absolute Gasteiger partial charge is 0.481 e. The van der Waals surface area contributed by atoms with Gasteiger partial charge in [0.25, 0.3) is 11.8 Å². The highest BCUT2D eigenvalue weighted by Crippen LogP contribution is 2.23. The lowest BCUT2D eigenvalue weighted by atomic mass is 10.1. The van der Waals surface area contributed by atoms with E-state index in [1.54, 1.807) is 12.1 Å². The van der Waals surface area contributed by atoms with E-state index in [9.17, 15) is 9.59 Å². The van der Waals surface area contributed by atoms with Crippen molar-refractivity contribution in [3.8, 4) is 16.9 Å². The second-order valence-corrected chi connectivity index (χ2v) is 6.66. The van der Waals surface area contributed by atoms with Crippen LogP contribution < -0.4 is 15.6 Å². The van der Waals surface area contributed by atoms with Crippen LogP contribution in [-0.4, -0.2) is 17.9 Å². The summed E-state index contributed by atoms with van der Waals surface area (Å²) in [7, 11) is 0. The van der Waals surface area contributed by atoms with E-state index in [-0.39, 0.29) is 5.91 Å². The fraction of sp³-hybridized carbons (Fsp3) is 0.167. The first-order chi connectivity index (χ1) is 14.1. The van der Waals surface area contributed by atoms with Gasteiger partial charge in [0.15, 0.2) is 6.10 Å². The highest BCUT2D eigenvalue weighted by molar-refractivity contribution is 5.97. The third-order valence-electron chi connectivity index (χ3n) is 4.59. The summed E-state index contributed by atoms with van der Waals surface area (Å²) in [5.41, 5.74) is 8.44. The number of hydrogen-bond acceptors (Lipinski definition) is 3. The van der Waals surface area contributed by atoms with Gasteiger partial charge in [-0.15, -0.1) is 0 Å². The topological polar surface area (TPSA) is 67.4 Å². The fourth-order valence-electron chi connectivity index (χ4n) is 2.94. The Hall–Kier alpha value is -3.60. The van der Waals surface area contributed by atoms with E-state index in [0.717, 1.165) is 16.7 Å². The Morgan fingerprint density at radius 3 is 2.10 bits per heavy atom. The van der Waals surface area contributed by atoms with Crippen molar-refractivity contribution >= 4 is 11.8 Å². The summed E-state index contributed by atoms with van der Waals surface area (Å²) in [6.07, 6.45) is -0.248. The van der Waals surface area contributed by atoms with E-state index in [4.69, 9.17) is 4.74 Å². The van der Waals surface area contributed by atoms with Gasteiger partial charge in [0.2, 0.25) is 0 Å². The first-order valence-corrected chi connectivity index (χ1v) is 9.56. The molecule has 1 atom stereocenters. The number of carbonyl (C=O) groups excluding carboxylic acids is 2. The minimum Gasteiger partial charge on any atom is -0.481 e. The first kappa shape index (κ1) is 20.1. The van der Waals surface area contributed by atoms with Crippen molar-refractivity contribution in [2.24, 2.45) is 0 Å². The van der Waals surface area contributed by atoms with Crippen molar-refractivity contribution in [1.29, 1.82) is 0 Å². The smallest absolute Gasteiger partial charge is 0.279 e. The van der Waals surface area contributed by atoms with Crippen LogP contribution in [0.4, 0.5) is 0 Å². The normalized spacial score (nSPS) is 11.4. The molecule has 0 bridgehead atoms. The van der Waals surface area contributed by atoms with Crippen molar-refractivity contribution in [3.05, 3.63) is 90.0 Å². The lowest BCUT2D eigenvalue weighted by molar-refractivity contribution is -0.128. The highest BCUT2D eigenvalue weighted by atomic mass is 16.5. The number of ether oxygens (including phenoxy) is 1. The van der Waals surface area contributed by atoms with Crippen LogP contribution in [0, 0.1) is 6.92 Å². The van der Waals surface area contributed by atoms with Crippen LogP contribution in [0.2, 0.25) is 0 Å². The van der Waals surface area contributed by atoms with Crippen molar-refractivity contribution in [1.82, 2.24) is 10.9 Å². The summed E-state index contributed by atoms with van der Waals surface area (Å²) >= 11 is 0. The molecule has 0 fully saturated rings. The van der Waals surface area contributed by atoms with Gasteiger partial charge in [-0.2, -0.15) is 0 Å². The second kappa shape index (κ2) is 9.55. The fourth-order valence-corrected chi connectivity index (χ4v) is 2.94. The van der Waals surface area contributed by atoms with E-state index < -0.39 is 12.0 Å². The number of carbonyl (C=O) groups is 2. The molecule has 3 rings (SSSR count). The lowest BCUT2D eigenvalue weighted by Crippen LogP contribution is -2.48. The van der Waals surface area contributed by atoms with Crippen LogP contribution in [0.25, 0.3) is 11.1 Å². The summed E-state index contributed by atoms with van der Waals surface area (Å²) in [6, 6.07) is 24.8. The molecule has 0 aromatic heterocycles. The Balaban J connectivity index is 1.58. The van der Waals surface area contributed by atoms with E-state index in [2.05, 4.69) is 10.9 Å². The minimum absolute atomic E-state index is 0.362. The maximum absolute atomic E-state index is 12.4. The number of aryl methyl sites for hydroxylation is 1. The standard InChI is InChI=1S/C24H24N2O3/c1-3-22(24(28)26-25-23(27)21-12-8-7-9-17(21)2)29-20-15-13-19(14-16-20)18-10-5-4-6-11-18/h4-16,22H,3H2,1-2H3,(H,25,27)(H,26,28). The van der Waals surface area contributed by atoms with Gasteiger partial charge in [0.05, 0.1) is 0 Å². The molecule has 2 amide bonds. The van der Waals surface area contributed by atoms with E-state index >= 15 is 0 Å². The zero-order valence-electron chi connectivity index (χ0n) is 16.5. The number of hydrazine groups is 1. The van der Waals surface area contributed by atoms with E-state index in [1.165, 1.54) is 0 Å². The first-order valence-electron chi connectivity index (χ1n) is 9.56. The molecule has 0 saturated carbocycles. The molecular formula is C24H24N2O3. The van der Waals surface area contributed by atoms with Gasteiger partial charge in [-0.1, -0.05) is 67.6 Å². The third-order valence-corrected chi connectivity index (χ3v) is 4.59. The van der Waals surface area contributed by atoms with Gasteiger partial charge in [0.1, 0.15) is 5.75 Å². The Bertz CT molecular complexity index is 969. The maximum Gasteiger partial charge on any atom is 0.279 e. The van der Waals surface area contributed by atoms with Gasteiger partial charge in [-0.25, -0.2) is 0 Å². The number of nitrogens with one attached hydrogen (secondary N) is 2.